The van der Waals surface area contributed by atoms with E-state index < -0.39 is 4.92 Å². The molecule has 0 radical (unpaired) electrons. The predicted octanol–water partition coefficient (Wildman–Crippen LogP) is 1.71. The van der Waals surface area contributed by atoms with E-state index in [0.29, 0.717) is 24.3 Å². The van der Waals surface area contributed by atoms with Gasteiger partial charge in [-0.15, -0.1) is 0 Å². The van der Waals surface area contributed by atoms with E-state index in [9.17, 15) is 14.9 Å². The minimum Gasteiger partial charge on any atom is -0.380 e. The lowest BCUT2D eigenvalue weighted by Gasteiger charge is -2.14. The van der Waals surface area contributed by atoms with Gasteiger partial charge in [0.1, 0.15) is 5.69 Å². The van der Waals surface area contributed by atoms with Crippen LogP contribution in [0.2, 0.25) is 0 Å². The summed E-state index contributed by atoms with van der Waals surface area (Å²) >= 11 is 0. The number of anilines is 1. The average Bonchev–Trinajstić information content (AvgIpc) is 2.46. The second-order valence-electron chi connectivity index (χ2n) is 4.67. The minimum atomic E-state index is -0.462. The standard InChI is InChI=1S/C14H22N4O3/c1-4-15-12-10-11(6-7-13(12)18(20)21)14(19)16-8-9-17(3)5-2/h6-7,10,15H,4-5,8-9H2,1-3H3,(H,16,19). The average molecular weight is 294 g/mol. The first kappa shape index (κ1) is 16.9. The van der Waals surface area contributed by atoms with E-state index in [1.807, 2.05) is 20.9 Å². The molecule has 0 saturated heterocycles. The molecule has 0 saturated carbocycles. The molecule has 0 bridgehead atoms. The van der Waals surface area contributed by atoms with Gasteiger partial charge in [-0.05, 0) is 32.6 Å². The fraction of sp³-hybridized carbons (Fsp3) is 0.500. The molecule has 2 N–H and O–H groups in total. The van der Waals surface area contributed by atoms with Crippen LogP contribution in [0.3, 0.4) is 0 Å². The molecule has 1 rings (SSSR count). The van der Waals surface area contributed by atoms with Crippen LogP contribution in [0.15, 0.2) is 18.2 Å². The summed E-state index contributed by atoms with van der Waals surface area (Å²) in [6.45, 7) is 6.65. The molecule has 7 heteroatoms. The molecule has 0 unspecified atom stereocenters. The molecule has 21 heavy (non-hydrogen) atoms. The number of nitrogens with zero attached hydrogens (tertiary/aromatic N) is 2. The maximum Gasteiger partial charge on any atom is 0.292 e. The molecular weight excluding hydrogens is 272 g/mol. The Morgan fingerprint density at radius 2 is 2.10 bits per heavy atom. The smallest absolute Gasteiger partial charge is 0.292 e. The number of nitro groups is 1. The maximum absolute atomic E-state index is 12.0. The molecule has 0 aliphatic rings. The Kier molecular flexibility index (Phi) is 6.61. The molecule has 0 fully saturated rings. The zero-order valence-corrected chi connectivity index (χ0v) is 12.7. The largest absolute Gasteiger partial charge is 0.380 e. The van der Waals surface area contributed by atoms with E-state index in [1.165, 1.54) is 18.2 Å². The summed E-state index contributed by atoms with van der Waals surface area (Å²) in [5, 5.41) is 16.6. The van der Waals surface area contributed by atoms with Crippen LogP contribution < -0.4 is 10.6 Å². The second kappa shape index (κ2) is 8.21. The number of benzene rings is 1. The molecule has 0 spiro atoms. The van der Waals surface area contributed by atoms with E-state index in [0.717, 1.165) is 13.1 Å². The van der Waals surface area contributed by atoms with E-state index in [-0.39, 0.29) is 11.6 Å². The van der Waals surface area contributed by atoms with Crippen molar-refractivity contribution in [1.82, 2.24) is 10.2 Å². The zero-order chi connectivity index (χ0) is 15.8. The Balaban J connectivity index is 2.76. The summed E-state index contributed by atoms with van der Waals surface area (Å²) in [6, 6.07) is 4.34. The van der Waals surface area contributed by atoms with Crippen molar-refractivity contribution < 1.29 is 9.72 Å². The van der Waals surface area contributed by atoms with Gasteiger partial charge in [-0.2, -0.15) is 0 Å². The first-order chi connectivity index (χ1) is 9.99. The van der Waals surface area contributed by atoms with Crippen LogP contribution in [0.25, 0.3) is 0 Å². The third kappa shape index (κ3) is 5.03. The number of rotatable bonds is 8. The lowest BCUT2D eigenvalue weighted by Crippen LogP contribution is -2.32. The lowest BCUT2D eigenvalue weighted by molar-refractivity contribution is -0.384. The van der Waals surface area contributed by atoms with Crippen LogP contribution in [0.4, 0.5) is 11.4 Å². The van der Waals surface area contributed by atoms with Crippen LogP contribution >= 0.6 is 0 Å². The molecule has 0 atom stereocenters. The molecular formula is C14H22N4O3. The van der Waals surface area contributed by atoms with Gasteiger partial charge in [-0.25, -0.2) is 0 Å². The number of hydrogen-bond donors (Lipinski definition) is 2. The Morgan fingerprint density at radius 1 is 1.38 bits per heavy atom. The quantitative estimate of drug-likeness (QED) is 0.563. The monoisotopic (exact) mass is 294 g/mol. The van der Waals surface area contributed by atoms with Gasteiger partial charge in [0.05, 0.1) is 4.92 Å². The van der Waals surface area contributed by atoms with Crippen molar-refractivity contribution >= 4 is 17.3 Å². The van der Waals surface area contributed by atoms with E-state index in [4.69, 9.17) is 0 Å². The Labute approximate surface area is 124 Å². The number of nitrogens with one attached hydrogen (secondary N) is 2. The van der Waals surface area contributed by atoms with Gasteiger partial charge in [0.25, 0.3) is 11.6 Å². The molecule has 0 aliphatic heterocycles. The van der Waals surface area contributed by atoms with Gasteiger partial charge in [-0.1, -0.05) is 6.92 Å². The van der Waals surface area contributed by atoms with E-state index in [1.54, 1.807) is 0 Å². The van der Waals surface area contributed by atoms with Crippen molar-refractivity contribution in [1.29, 1.82) is 0 Å². The van der Waals surface area contributed by atoms with Crippen molar-refractivity contribution in [2.45, 2.75) is 13.8 Å². The highest BCUT2D eigenvalue weighted by molar-refractivity contribution is 5.95. The van der Waals surface area contributed by atoms with Gasteiger partial charge < -0.3 is 15.5 Å². The highest BCUT2D eigenvalue weighted by Gasteiger charge is 2.16. The third-order valence-corrected chi connectivity index (χ3v) is 3.14. The maximum atomic E-state index is 12.0. The molecule has 0 heterocycles. The summed E-state index contributed by atoms with van der Waals surface area (Å²) in [5.74, 6) is -0.228. The Bertz CT molecular complexity index is 505. The lowest BCUT2D eigenvalue weighted by atomic mass is 10.1. The molecule has 116 valence electrons. The molecule has 1 aromatic carbocycles. The number of hydrogen-bond acceptors (Lipinski definition) is 5. The fourth-order valence-electron chi connectivity index (χ4n) is 1.79. The van der Waals surface area contributed by atoms with Crippen molar-refractivity contribution in [3.63, 3.8) is 0 Å². The summed E-state index contributed by atoms with van der Waals surface area (Å²) < 4.78 is 0. The number of nitro benzene ring substituents is 1. The van der Waals surface area contributed by atoms with Gasteiger partial charge >= 0.3 is 0 Å². The fourth-order valence-corrected chi connectivity index (χ4v) is 1.79. The number of amides is 1. The highest BCUT2D eigenvalue weighted by Crippen LogP contribution is 2.25. The molecule has 0 aromatic heterocycles. The van der Waals surface area contributed by atoms with Crippen LogP contribution in [0.1, 0.15) is 24.2 Å². The predicted molar refractivity (Wildman–Crippen MR) is 82.8 cm³/mol. The summed E-state index contributed by atoms with van der Waals surface area (Å²) in [6.07, 6.45) is 0. The zero-order valence-electron chi connectivity index (χ0n) is 12.7. The van der Waals surface area contributed by atoms with Crippen molar-refractivity contribution in [3.8, 4) is 0 Å². The molecule has 7 nitrogen and oxygen atoms in total. The van der Waals surface area contributed by atoms with Gasteiger partial charge in [0.15, 0.2) is 0 Å². The van der Waals surface area contributed by atoms with Gasteiger partial charge in [-0.3, -0.25) is 14.9 Å². The number of likely N-dealkylation sites (N-methyl/N-ethyl adjacent to an activating group) is 1. The van der Waals surface area contributed by atoms with Crippen molar-refractivity contribution in [3.05, 3.63) is 33.9 Å². The van der Waals surface area contributed by atoms with Gasteiger partial charge in [0, 0.05) is 31.3 Å². The van der Waals surface area contributed by atoms with E-state index >= 15 is 0 Å². The van der Waals surface area contributed by atoms with Crippen LogP contribution in [-0.2, 0) is 0 Å². The van der Waals surface area contributed by atoms with E-state index in [2.05, 4.69) is 15.5 Å². The summed E-state index contributed by atoms with van der Waals surface area (Å²) in [4.78, 5) is 24.6. The first-order valence-electron chi connectivity index (χ1n) is 6.98. The van der Waals surface area contributed by atoms with Crippen LogP contribution in [-0.4, -0.2) is 49.0 Å². The number of carbonyl (C=O) groups is 1. The Hall–Kier alpha value is -2.15. The first-order valence-corrected chi connectivity index (χ1v) is 6.98. The van der Waals surface area contributed by atoms with Crippen LogP contribution in [0, 0.1) is 10.1 Å². The highest BCUT2D eigenvalue weighted by atomic mass is 16.6. The molecule has 1 aromatic rings. The third-order valence-electron chi connectivity index (χ3n) is 3.14. The van der Waals surface area contributed by atoms with Crippen LogP contribution in [0.5, 0.6) is 0 Å². The normalized spacial score (nSPS) is 10.5. The number of carbonyl (C=O) groups excluding carboxylic acids is 1. The molecule has 1 amide bonds. The topological polar surface area (TPSA) is 87.5 Å². The Morgan fingerprint density at radius 3 is 2.67 bits per heavy atom. The molecule has 0 aliphatic carbocycles. The minimum absolute atomic E-state index is 0.0286. The van der Waals surface area contributed by atoms with Crippen molar-refractivity contribution in [2.75, 3.05) is 38.5 Å². The summed E-state index contributed by atoms with van der Waals surface area (Å²) in [7, 11) is 1.97. The second-order valence-corrected chi connectivity index (χ2v) is 4.67. The van der Waals surface area contributed by atoms with Gasteiger partial charge in [0.2, 0.25) is 0 Å². The SMILES string of the molecule is CCNc1cc(C(=O)NCCN(C)CC)ccc1[N+](=O)[O-]. The van der Waals surface area contributed by atoms with Crippen molar-refractivity contribution in [2.24, 2.45) is 0 Å². The summed E-state index contributed by atoms with van der Waals surface area (Å²) in [5.41, 5.74) is 0.746.